The zero-order chi connectivity index (χ0) is 9.68. The van der Waals surface area contributed by atoms with Crippen LogP contribution in [0.15, 0.2) is 0 Å². The molecule has 1 atom stereocenters. The van der Waals surface area contributed by atoms with E-state index in [1.165, 1.54) is 0 Å². The smallest absolute Gasteiger partial charge is 0.317 e. The predicted molar refractivity (Wildman–Crippen MR) is 49.3 cm³/mol. The van der Waals surface area contributed by atoms with E-state index in [-0.39, 0.29) is 12.1 Å². The van der Waals surface area contributed by atoms with Gasteiger partial charge in [0.1, 0.15) is 0 Å². The molecule has 2 amide bonds. The summed E-state index contributed by atoms with van der Waals surface area (Å²) < 4.78 is 0. The molecular weight excluding hydrogens is 170 g/mol. The molecule has 1 heterocycles. The zero-order valence-corrected chi connectivity index (χ0v) is 7.70. The third kappa shape index (κ3) is 3.20. The van der Waals surface area contributed by atoms with Gasteiger partial charge in [0.2, 0.25) is 0 Å². The highest BCUT2D eigenvalue weighted by Crippen LogP contribution is 2.09. The zero-order valence-electron chi connectivity index (χ0n) is 7.70. The van der Waals surface area contributed by atoms with E-state index in [0.717, 1.165) is 19.4 Å². The molecule has 13 heavy (non-hydrogen) atoms. The summed E-state index contributed by atoms with van der Waals surface area (Å²) in [6.07, 6.45) is 1.30. The Morgan fingerprint density at radius 3 is 3.08 bits per heavy atom. The van der Waals surface area contributed by atoms with E-state index in [0.29, 0.717) is 19.6 Å². The number of aliphatic hydroxyl groups is 1. The Hall–Kier alpha value is -0.810. The average molecular weight is 187 g/mol. The lowest BCUT2D eigenvalue weighted by Crippen LogP contribution is -2.48. The van der Waals surface area contributed by atoms with E-state index in [4.69, 9.17) is 5.73 Å². The van der Waals surface area contributed by atoms with Crippen molar-refractivity contribution in [1.82, 2.24) is 10.2 Å². The van der Waals surface area contributed by atoms with Gasteiger partial charge < -0.3 is 21.1 Å². The monoisotopic (exact) mass is 187 g/mol. The van der Waals surface area contributed by atoms with Gasteiger partial charge in [0, 0.05) is 26.2 Å². The summed E-state index contributed by atoms with van der Waals surface area (Å²) in [5, 5.41) is 12.0. The molecule has 0 aromatic carbocycles. The Balaban J connectivity index is 2.28. The number of rotatable bonds is 2. The standard InChI is InChI=1S/C8H17N3O2/c9-3-4-10-8(13)11-5-1-2-7(12)6-11/h7,12H,1-6,9H2,(H,10,13). The number of carbonyl (C=O) groups is 1. The van der Waals surface area contributed by atoms with Crippen LogP contribution in [0.4, 0.5) is 4.79 Å². The molecule has 1 saturated heterocycles. The number of urea groups is 1. The van der Waals surface area contributed by atoms with Crippen molar-refractivity contribution in [3.05, 3.63) is 0 Å². The van der Waals surface area contributed by atoms with Gasteiger partial charge >= 0.3 is 6.03 Å². The van der Waals surface area contributed by atoms with Gasteiger partial charge in [-0.25, -0.2) is 4.79 Å². The van der Waals surface area contributed by atoms with E-state index < -0.39 is 0 Å². The lowest BCUT2D eigenvalue weighted by atomic mass is 10.1. The maximum Gasteiger partial charge on any atom is 0.317 e. The number of carbonyl (C=O) groups excluding carboxylic acids is 1. The number of piperidine rings is 1. The molecule has 76 valence electrons. The lowest BCUT2D eigenvalue weighted by molar-refractivity contribution is 0.0844. The SMILES string of the molecule is NCCNC(=O)N1CCCC(O)C1. The first-order chi connectivity index (χ1) is 6.24. The van der Waals surface area contributed by atoms with Crippen LogP contribution in [0.3, 0.4) is 0 Å². The molecule has 0 aromatic rings. The molecular formula is C8H17N3O2. The minimum Gasteiger partial charge on any atom is -0.391 e. The van der Waals surface area contributed by atoms with Gasteiger partial charge in [-0.3, -0.25) is 0 Å². The highest BCUT2D eigenvalue weighted by atomic mass is 16.3. The van der Waals surface area contributed by atoms with Gasteiger partial charge in [-0.05, 0) is 12.8 Å². The largest absolute Gasteiger partial charge is 0.391 e. The second-order valence-corrected chi connectivity index (χ2v) is 3.26. The summed E-state index contributed by atoms with van der Waals surface area (Å²) in [7, 11) is 0. The Morgan fingerprint density at radius 2 is 2.46 bits per heavy atom. The molecule has 0 spiro atoms. The molecule has 1 aliphatic heterocycles. The van der Waals surface area contributed by atoms with Crippen molar-refractivity contribution in [1.29, 1.82) is 0 Å². The van der Waals surface area contributed by atoms with Gasteiger partial charge in [-0.15, -0.1) is 0 Å². The fraction of sp³-hybridized carbons (Fsp3) is 0.875. The number of nitrogens with two attached hydrogens (primary N) is 1. The topological polar surface area (TPSA) is 78.6 Å². The second kappa shape index (κ2) is 5.04. The van der Waals surface area contributed by atoms with Crippen molar-refractivity contribution in [3.63, 3.8) is 0 Å². The Labute approximate surface area is 77.9 Å². The number of likely N-dealkylation sites (tertiary alicyclic amines) is 1. The number of hydrogen-bond acceptors (Lipinski definition) is 3. The molecule has 1 fully saturated rings. The third-order valence-corrected chi connectivity index (χ3v) is 2.10. The maximum absolute atomic E-state index is 11.4. The molecule has 5 nitrogen and oxygen atoms in total. The highest BCUT2D eigenvalue weighted by molar-refractivity contribution is 5.74. The molecule has 4 N–H and O–H groups in total. The quantitative estimate of drug-likeness (QED) is 0.525. The van der Waals surface area contributed by atoms with Gasteiger partial charge in [0.15, 0.2) is 0 Å². The Morgan fingerprint density at radius 1 is 1.69 bits per heavy atom. The summed E-state index contributed by atoms with van der Waals surface area (Å²) in [4.78, 5) is 13.0. The number of nitrogens with zero attached hydrogens (tertiary/aromatic N) is 1. The van der Waals surface area contributed by atoms with Crippen LogP contribution >= 0.6 is 0 Å². The molecule has 0 aliphatic carbocycles. The van der Waals surface area contributed by atoms with Crippen molar-refractivity contribution < 1.29 is 9.90 Å². The third-order valence-electron chi connectivity index (χ3n) is 2.10. The lowest BCUT2D eigenvalue weighted by Gasteiger charge is -2.30. The number of amides is 2. The first kappa shape index (κ1) is 10.3. The number of β-amino-alcohol motifs (C(OH)–C–C–N with tert-alkyl or cyclic N) is 1. The maximum atomic E-state index is 11.4. The van der Waals surface area contributed by atoms with Gasteiger partial charge in [0.05, 0.1) is 6.10 Å². The first-order valence-corrected chi connectivity index (χ1v) is 4.65. The van der Waals surface area contributed by atoms with E-state index in [1.807, 2.05) is 0 Å². The fourth-order valence-electron chi connectivity index (χ4n) is 1.43. The number of nitrogens with one attached hydrogen (secondary N) is 1. The molecule has 0 radical (unpaired) electrons. The van der Waals surface area contributed by atoms with E-state index in [9.17, 15) is 9.90 Å². The van der Waals surface area contributed by atoms with Crippen molar-refractivity contribution in [2.24, 2.45) is 5.73 Å². The molecule has 0 saturated carbocycles. The van der Waals surface area contributed by atoms with Gasteiger partial charge in [-0.2, -0.15) is 0 Å². The predicted octanol–water partition coefficient (Wildman–Crippen LogP) is -0.889. The van der Waals surface area contributed by atoms with Crippen LogP contribution in [0.2, 0.25) is 0 Å². The van der Waals surface area contributed by atoms with Crippen molar-refractivity contribution in [2.75, 3.05) is 26.2 Å². The van der Waals surface area contributed by atoms with Crippen molar-refractivity contribution >= 4 is 6.03 Å². The summed E-state index contributed by atoms with van der Waals surface area (Å²) in [6.45, 7) is 2.11. The number of hydrogen-bond donors (Lipinski definition) is 3. The average Bonchev–Trinajstić information content (AvgIpc) is 2.14. The van der Waals surface area contributed by atoms with Gasteiger partial charge in [-0.1, -0.05) is 0 Å². The first-order valence-electron chi connectivity index (χ1n) is 4.65. The molecule has 1 unspecified atom stereocenters. The highest BCUT2D eigenvalue weighted by Gasteiger charge is 2.21. The molecule has 5 heteroatoms. The minimum atomic E-state index is -0.364. The summed E-state index contributed by atoms with van der Waals surface area (Å²) >= 11 is 0. The number of aliphatic hydroxyl groups excluding tert-OH is 1. The normalized spacial score (nSPS) is 22.9. The van der Waals surface area contributed by atoms with Crippen LogP contribution in [-0.4, -0.2) is 48.3 Å². The molecule has 0 bridgehead atoms. The van der Waals surface area contributed by atoms with E-state index in [2.05, 4.69) is 5.32 Å². The molecule has 0 aromatic heterocycles. The summed E-state index contributed by atoms with van der Waals surface area (Å²) in [5.41, 5.74) is 5.25. The van der Waals surface area contributed by atoms with Crippen LogP contribution in [0.25, 0.3) is 0 Å². The summed E-state index contributed by atoms with van der Waals surface area (Å²) in [5.74, 6) is 0. The van der Waals surface area contributed by atoms with Crippen LogP contribution in [0, 0.1) is 0 Å². The Bertz CT molecular complexity index is 175. The van der Waals surface area contributed by atoms with Crippen LogP contribution in [-0.2, 0) is 0 Å². The van der Waals surface area contributed by atoms with E-state index >= 15 is 0 Å². The van der Waals surface area contributed by atoms with Crippen molar-refractivity contribution in [3.8, 4) is 0 Å². The molecule has 1 aliphatic rings. The second-order valence-electron chi connectivity index (χ2n) is 3.26. The van der Waals surface area contributed by atoms with Gasteiger partial charge in [0.25, 0.3) is 0 Å². The summed E-state index contributed by atoms with van der Waals surface area (Å²) in [6, 6.07) is -0.121. The van der Waals surface area contributed by atoms with Crippen LogP contribution in [0.5, 0.6) is 0 Å². The van der Waals surface area contributed by atoms with E-state index in [1.54, 1.807) is 4.90 Å². The molecule has 1 rings (SSSR count). The van der Waals surface area contributed by atoms with Crippen LogP contribution in [0.1, 0.15) is 12.8 Å². The van der Waals surface area contributed by atoms with Crippen molar-refractivity contribution in [2.45, 2.75) is 18.9 Å². The minimum absolute atomic E-state index is 0.121. The fourth-order valence-corrected chi connectivity index (χ4v) is 1.43. The Kier molecular flexibility index (Phi) is 3.98. The van der Waals surface area contributed by atoms with Crippen LogP contribution < -0.4 is 11.1 Å².